The highest BCUT2D eigenvalue weighted by Crippen LogP contribution is 2.40. The number of ketones is 2. The highest BCUT2D eigenvalue weighted by atomic mass is 16.4. The smallest absolute Gasteiger partial charge is 0.141 e. The Hall–Kier alpha value is -4.55. The summed E-state index contributed by atoms with van der Waals surface area (Å²) in [7, 11) is 1.00. The SMILES string of the molecule is CO.NC1C2CC1CN(Cc1ccccc1)C2.NCc1ccccc1.O=C1C2CC1CN(Cc1ccccc1)C2.O=C1CCC1.ON=C1C2CC1CN(Cc1ccccc1)C2. The summed E-state index contributed by atoms with van der Waals surface area (Å²) in [6.07, 6.45) is 6.56. The van der Waals surface area contributed by atoms with Crippen molar-refractivity contribution in [2.45, 2.75) is 70.7 Å². The van der Waals surface area contributed by atoms with Gasteiger partial charge in [0.25, 0.3) is 0 Å². The van der Waals surface area contributed by atoms with E-state index in [1.54, 1.807) is 0 Å². The van der Waals surface area contributed by atoms with Crippen molar-refractivity contribution in [2.75, 3.05) is 46.4 Å². The number of hydrogen-bond donors (Lipinski definition) is 4. The molecule has 10 aliphatic rings. The van der Waals surface area contributed by atoms with Crippen LogP contribution in [0.5, 0.6) is 0 Å². The first-order valence-electron chi connectivity index (χ1n) is 22.4. The van der Waals surface area contributed by atoms with Crippen molar-refractivity contribution in [2.24, 2.45) is 52.1 Å². The van der Waals surface area contributed by atoms with Crippen LogP contribution in [0.2, 0.25) is 0 Å². The highest BCUT2D eigenvalue weighted by Gasteiger charge is 2.46. The molecule has 0 radical (unpaired) electrons. The summed E-state index contributed by atoms with van der Waals surface area (Å²) in [5.74, 6) is 4.21. The molecule has 14 rings (SSSR count). The van der Waals surface area contributed by atoms with Gasteiger partial charge in [-0.15, -0.1) is 0 Å². The average molecular weight is 829 g/mol. The molecule has 6 heterocycles. The predicted octanol–water partition coefficient (Wildman–Crippen LogP) is 6.63. The van der Waals surface area contributed by atoms with Crippen molar-refractivity contribution >= 4 is 17.3 Å². The Balaban J connectivity index is 0.000000132. The zero-order valence-electron chi connectivity index (χ0n) is 36.1. The van der Waals surface area contributed by atoms with Crippen molar-refractivity contribution in [1.82, 2.24) is 14.7 Å². The molecule has 10 heteroatoms. The van der Waals surface area contributed by atoms with Crippen LogP contribution in [0.3, 0.4) is 0 Å². The summed E-state index contributed by atoms with van der Waals surface area (Å²) in [5.41, 5.74) is 17.8. The monoisotopic (exact) mass is 829 g/mol. The number of benzene rings is 4. The van der Waals surface area contributed by atoms with Gasteiger partial charge in [0, 0.05) is 115 Å². The van der Waals surface area contributed by atoms with E-state index in [0.29, 0.717) is 47.8 Å². The van der Waals surface area contributed by atoms with Gasteiger partial charge >= 0.3 is 0 Å². The minimum absolute atomic E-state index is 0.354. The molecule has 6 saturated heterocycles. The first-order valence-corrected chi connectivity index (χ1v) is 22.4. The molecule has 0 aromatic heterocycles. The van der Waals surface area contributed by atoms with Gasteiger partial charge in [-0.3, -0.25) is 24.3 Å². The molecule has 6 unspecified atom stereocenters. The summed E-state index contributed by atoms with van der Waals surface area (Å²) in [6.45, 7) is 10.2. The zero-order chi connectivity index (χ0) is 43.0. The fraction of sp³-hybridized carbons (Fsp3) is 0.471. The molecule has 10 fully saturated rings. The van der Waals surface area contributed by atoms with Crippen LogP contribution in [0.1, 0.15) is 60.8 Å². The summed E-state index contributed by atoms with van der Waals surface area (Å²) in [4.78, 5) is 28.7. The van der Waals surface area contributed by atoms with Crippen molar-refractivity contribution in [1.29, 1.82) is 0 Å². The quantitative estimate of drug-likeness (QED) is 0.119. The molecule has 0 spiro atoms. The fourth-order valence-corrected chi connectivity index (χ4v) is 9.60. The molecule has 61 heavy (non-hydrogen) atoms. The van der Waals surface area contributed by atoms with E-state index in [2.05, 4.69) is 98.7 Å². The van der Waals surface area contributed by atoms with Crippen LogP contribution < -0.4 is 11.5 Å². The molecule has 4 aromatic rings. The van der Waals surface area contributed by atoms with Crippen molar-refractivity contribution in [3.8, 4) is 0 Å². The summed E-state index contributed by atoms with van der Waals surface area (Å²) >= 11 is 0. The number of hydrogen-bond acceptors (Lipinski definition) is 10. The third-order valence-corrected chi connectivity index (χ3v) is 13.2. The van der Waals surface area contributed by atoms with E-state index >= 15 is 0 Å². The van der Waals surface area contributed by atoms with Crippen LogP contribution >= 0.6 is 0 Å². The normalized spacial score (nSPS) is 26.6. The lowest BCUT2D eigenvalue weighted by molar-refractivity contribution is -0.143. The van der Waals surface area contributed by atoms with Crippen molar-refractivity contribution in [3.05, 3.63) is 144 Å². The Kier molecular flexibility index (Phi) is 17.8. The number of Topliss-reactive ketones (excluding diaryl/α,β-unsaturated/α-hetero) is 2. The molecule has 326 valence electrons. The van der Waals surface area contributed by atoms with Crippen LogP contribution in [-0.4, -0.2) is 94.7 Å². The van der Waals surface area contributed by atoms with E-state index < -0.39 is 0 Å². The second-order valence-corrected chi connectivity index (χ2v) is 17.6. The van der Waals surface area contributed by atoms with Crippen LogP contribution in [0.4, 0.5) is 0 Å². The number of carbonyl (C=O) groups is 2. The fourth-order valence-electron chi connectivity index (χ4n) is 9.60. The van der Waals surface area contributed by atoms with Crippen molar-refractivity contribution in [3.63, 3.8) is 0 Å². The molecule has 4 aliphatic carbocycles. The van der Waals surface area contributed by atoms with E-state index in [0.717, 1.165) is 96.2 Å². The molecule has 6 atom stereocenters. The molecule has 4 aromatic carbocycles. The maximum Gasteiger partial charge on any atom is 0.141 e. The number of nitrogens with zero attached hydrogens (tertiary/aromatic N) is 4. The van der Waals surface area contributed by atoms with Gasteiger partial charge in [-0.25, -0.2) is 0 Å². The second kappa shape index (κ2) is 23.6. The number of aliphatic hydroxyl groups is 1. The topological polar surface area (TPSA) is 149 Å². The van der Waals surface area contributed by atoms with Gasteiger partial charge in [0.2, 0.25) is 0 Å². The van der Waals surface area contributed by atoms with E-state index in [9.17, 15) is 9.59 Å². The Bertz CT molecular complexity index is 1890. The molecule has 4 saturated carbocycles. The van der Waals surface area contributed by atoms with Crippen LogP contribution in [0.15, 0.2) is 126 Å². The summed E-state index contributed by atoms with van der Waals surface area (Å²) < 4.78 is 0. The van der Waals surface area contributed by atoms with Gasteiger partial charge in [-0.05, 0) is 59.8 Å². The largest absolute Gasteiger partial charge is 0.411 e. The first kappa shape index (κ1) is 46.0. The lowest BCUT2D eigenvalue weighted by Crippen LogP contribution is -2.61. The number of carbonyl (C=O) groups excluding carboxylic acids is 2. The minimum Gasteiger partial charge on any atom is -0.411 e. The van der Waals surface area contributed by atoms with E-state index in [4.69, 9.17) is 21.8 Å². The van der Waals surface area contributed by atoms with Gasteiger partial charge in [0.1, 0.15) is 11.6 Å². The maximum absolute atomic E-state index is 11.4. The van der Waals surface area contributed by atoms with Crippen LogP contribution in [-0.2, 0) is 35.8 Å². The zero-order valence-corrected chi connectivity index (χ0v) is 36.1. The van der Waals surface area contributed by atoms with E-state index in [1.165, 1.54) is 48.2 Å². The average Bonchev–Trinajstić information content (AvgIpc) is 3.31. The summed E-state index contributed by atoms with van der Waals surface area (Å²) in [5, 5.41) is 19.2. The Morgan fingerprint density at radius 1 is 0.541 bits per heavy atom. The van der Waals surface area contributed by atoms with Gasteiger partial charge in [-0.1, -0.05) is 126 Å². The molecule has 6 bridgehead atoms. The molecular weight excluding hydrogens is 761 g/mol. The number of aliphatic hydroxyl groups excluding tert-OH is 1. The van der Waals surface area contributed by atoms with Gasteiger partial charge in [0.15, 0.2) is 0 Å². The maximum atomic E-state index is 11.4. The lowest BCUT2D eigenvalue weighted by atomic mass is 9.67. The standard InChI is InChI=1S/C13H16N2O.C13H18N2.C13H15NO.C7H9N.C4H6O.CH4O/c16-14-13-11-6-12(13)9-15(8-11)7-10-4-2-1-3-5-10;14-13-11-6-12(13)9-15(8-11)7-10-4-2-1-3-5-10;15-13-11-6-12(13)9-14(8-11)7-10-4-2-1-3-5-10;8-6-7-4-2-1-3-5-7;5-4-2-1-3-4;1-2/h1-5,11-12,16H,6-9H2;1-5,11-13H,6-9,14H2;1-5,11-12H,6-9H2;1-5H,6,8H2;1-3H2;2H,1H3. The van der Waals surface area contributed by atoms with Crippen molar-refractivity contribution < 1.29 is 19.9 Å². The van der Waals surface area contributed by atoms with Crippen LogP contribution in [0.25, 0.3) is 0 Å². The molecule has 6 N–H and O–H groups in total. The highest BCUT2D eigenvalue weighted by molar-refractivity contribution is 5.94. The second-order valence-electron chi connectivity index (χ2n) is 17.6. The Morgan fingerprint density at radius 2 is 0.885 bits per heavy atom. The predicted molar refractivity (Wildman–Crippen MR) is 243 cm³/mol. The molecule has 0 amide bonds. The minimum atomic E-state index is 0.354. The molecular formula is C51H68N6O4. The Morgan fingerprint density at radius 3 is 1.18 bits per heavy atom. The van der Waals surface area contributed by atoms with E-state index in [1.807, 2.05) is 42.5 Å². The number of rotatable bonds is 7. The van der Waals surface area contributed by atoms with E-state index in [-0.39, 0.29) is 0 Å². The molecule has 6 aliphatic heterocycles. The van der Waals surface area contributed by atoms with Gasteiger partial charge < -0.3 is 21.8 Å². The third kappa shape index (κ3) is 13.2. The third-order valence-electron chi connectivity index (χ3n) is 13.2. The van der Waals surface area contributed by atoms with Gasteiger partial charge in [0.05, 0.1) is 5.71 Å². The summed E-state index contributed by atoms with van der Waals surface area (Å²) in [6, 6.07) is 42.3. The van der Waals surface area contributed by atoms with Gasteiger partial charge in [-0.2, -0.15) is 0 Å². The number of nitrogens with two attached hydrogens (primary N) is 2. The lowest BCUT2D eigenvalue weighted by Gasteiger charge is -2.52. The number of fused-ring (bicyclic) bond motifs is 6. The molecule has 10 nitrogen and oxygen atoms in total. The number of piperidine rings is 6. The first-order chi connectivity index (χ1) is 29.8. The van der Waals surface area contributed by atoms with Crippen LogP contribution in [0, 0.1) is 35.5 Å². The number of oxime groups is 1. The Labute approximate surface area is 363 Å².